The molecule has 130 valence electrons. The van der Waals surface area contributed by atoms with Gasteiger partial charge in [-0.05, 0) is 60.7 Å². The van der Waals surface area contributed by atoms with Gasteiger partial charge < -0.3 is 20.8 Å². The average molecular weight is 348 g/mol. The summed E-state index contributed by atoms with van der Waals surface area (Å²) in [5.41, 5.74) is 1.44. The Balaban J connectivity index is 1.80. The number of phenols is 2. The molecule has 4 N–H and O–H groups in total. The van der Waals surface area contributed by atoms with E-state index in [-0.39, 0.29) is 22.6 Å². The van der Waals surface area contributed by atoms with E-state index in [1.165, 1.54) is 24.3 Å². The molecule has 3 rings (SSSR count). The lowest BCUT2D eigenvalue weighted by molar-refractivity contribution is 0.0990. The molecule has 0 fully saturated rings. The van der Waals surface area contributed by atoms with Gasteiger partial charge in [-0.3, -0.25) is 9.59 Å². The Morgan fingerprint density at radius 3 is 1.27 bits per heavy atom. The predicted molar refractivity (Wildman–Crippen MR) is 98.6 cm³/mol. The van der Waals surface area contributed by atoms with Crippen molar-refractivity contribution in [3.05, 3.63) is 83.9 Å². The van der Waals surface area contributed by atoms with E-state index in [9.17, 15) is 19.8 Å². The van der Waals surface area contributed by atoms with E-state index in [0.717, 1.165) is 0 Å². The van der Waals surface area contributed by atoms with Gasteiger partial charge in [-0.1, -0.05) is 12.1 Å². The lowest BCUT2D eigenvalue weighted by Crippen LogP contribution is -2.20. The Kier molecular flexibility index (Phi) is 4.85. The second-order valence-electron chi connectivity index (χ2n) is 5.55. The number of hydrogen-bond acceptors (Lipinski definition) is 4. The molecule has 0 saturated carbocycles. The van der Waals surface area contributed by atoms with E-state index in [0.29, 0.717) is 11.4 Å². The van der Waals surface area contributed by atoms with Gasteiger partial charge in [0.05, 0.1) is 11.1 Å². The molecule has 0 saturated heterocycles. The van der Waals surface area contributed by atoms with Gasteiger partial charge in [0.1, 0.15) is 11.5 Å². The van der Waals surface area contributed by atoms with Crippen LogP contribution in [0.4, 0.5) is 11.4 Å². The molecule has 0 spiro atoms. The minimum Gasteiger partial charge on any atom is -0.508 e. The van der Waals surface area contributed by atoms with Crippen LogP contribution < -0.4 is 10.6 Å². The highest BCUT2D eigenvalue weighted by atomic mass is 16.3. The lowest BCUT2D eigenvalue weighted by atomic mass is 10.1. The molecular formula is C20H16N2O4. The van der Waals surface area contributed by atoms with Crippen molar-refractivity contribution < 1.29 is 19.8 Å². The Morgan fingerprint density at radius 1 is 0.577 bits per heavy atom. The van der Waals surface area contributed by atoms with Gasteiger partial charge >= 0.3 is 0 Å². The highest BCUT2D eigenvalue weighted by Crippen LogP contribution is 2.18. The molecule has 0 heterocycles. The zero-order chi connectivity index (χ0) is 18.5. The molecule has 0 aliphatic rings. The first kappa shape index (κ1) is 17.0. The van der Waals surface area contributed by atoms with Gasteiger partial charge in [0.15, 0.2) is 0 Å². The summed E-state index contributed by atoms with van der Waals surface area (Å²) in [5, 5.41) is 24.0. The molecule has 3 aromatic carbocycles. The van der Waals surface area contributed by atoms with Gasteiger partial charge in [-0.15, -0.1) is 0 Å². The molecular weight excluding hydrogens is 332 g/mol. The number of carbonyl (C=O) groups excluding carboxylic acids is 2. The lowest BCUT2D eigenvalue weighted by Gasteiger charge is -2.11. The fraction of sp³-hybridized carbons (Fsp3) is 0. The minimum absolute atomic E-state index is 0.0941. The second kappa shape index (κ2) is 7.40. The van der Waals surface area contributed by atoms with Gasteiger partial charge in [-0.2, -0.15) is 0 Å². The summed E-state index contributed by atoms with van der Waals surface area (Å²) in [7, 11) is 0. The summed E-state index contributed by atoms with van der Waals surface area (Å²) < 4.78 is 0. The molecule has 0 aromatic heterocycles. The third-order valence-corrected chi connectivity index (χ3v) is 3.67. The number of aromatic hydroxyl groups is 2. The quantitative estimate of drug-likeness (QED) is 0.541. The van der Waals surface area contributed by atoms with Crippen molar-refractivity contribution in [2.75, 3.05) is 10.6 Å². The van der Waals surface area contributed by atoms with Crippen molar-refractivity contribution in [1.29, 1.82) is 0 Å². The molecule has 0 radical (unpaired) electrons. The van der Waals surface area contributed by atoms with Gasteiger partial charge in [0.2, 0.25) is 0 Å². The van der Waals surface area contributed by atoms with Crippen LogP contribution >= 0.6 is 0 Å². The fourth-order valence-corrected chi connectivity index (χ4v) is 2.37. The van der Waals surface area contributed by atoms with Gasteiger partial charge in [0.25, 0.3) is 11.8 Å². The summed E-state index contributed by atoms with van der Waals surface area (Å²) in [5.74, 6) is -0.687. The van der Waals surface area contributed by atoms with Crippen LogP contribution in [0.1, 0.15) is 20.7 Å². The first-order valence-corrected chi connectivity index (χ1v) is 7.83. The number of benzene rings is 3. The zero-order valence-corrected chi connectivity index (χ0v) is 13.6. The van der Waals surface area contributed by atoms with Crippen LogP contribution in [-0.4, -0.2) is 22.0 Å². The highest BCUT2D eigenvalue weighted by Gasteiger charge is 2.17. The monoisotopic (exact) mass is 348 g/mol. The van der Waals surface area contributed by atoms with E-state index in [4.69, 9.17) is 0 Å². The number of carbonyl (C=O) groups is 2. The molecule has 0 aliphatic heterocycles. The average Bonchev–Trinajstić information content (AvgIpc) is 2.65. The molecule has 0 atom stereocenters. The summed E-state index contributed by atoms with van der Waals surface area (Å²) >= 11 is 0. The van der Waals surface area contributed by atoms with Crippen LogP contribution in [0.2, 0.25) is 0 Å². The van der Waals surface area contributed by atoms with Crippen molar-refractivity contribution in [3.8, 4) is 11.5 Å². The standard InChI is InChI=1S/C20H16N2O4/c23-15-9-5-13(6-10-15)21-19(25)17-3-1-2-4-18(17)20(26)22-14-7-11-16(24)12-8-14/h1-12,23-24H,(H,21,25)(H,22,26). The second-order valence-corrected chi connectivity index (χ2v) is 5.55. The van der Waals surface area contributed by atoms with Crippen LogP contribution in [0.25, 0.3) is 0 Å². The third-order valence-electron chi connectivity index (χ3n) is 3.67. The highest BCUT2D eigenvalue weighted by molar-refractivity contribution is 6.15. The molecule has 0 unspecified atom stereocenters. The molecule has 6 heteroatoms. The van der Waals surface area contributed by atoms with E-state index in [1.54, 1.807) is 48.5 Å². The van der Waals surface area contributed by atoms with E-state index in [2.05, 4.69) is 10.6 Å². The van der Waals surface area contributed by atoms with Crippen molar-refractivity contribution >= 4 is 23.2 Å². The summed E-state index contributed by atoms with van der Waals surface area (Å²) in [4.78, 5) is 25.1. The molecule has 26 heavy (non-hydrogen) atoms. The van der Waals surface area contributed by atoms with Gasteiger partial charge in [-0.25, -0.2) is 0 Å². The minimum atomic E-state index is -0.438. The van der Waals surface area contributed by atoms with Gasteiger partial charge in [0, 0.05) is 11.4 Å². The van der Waals surface area contributed by atoms with Crippen molar-refractivity contribution in [1.82, 2.24) is 0 Å². The summed E-state index contributed by atoms with van der Waals surface area (Å²) in [6.07, 6.45) is 0. The molecule has 3 aromatic rings. The largest absolute Gasteiger partial charge is 0.508 e. The third kappa shape index (κ3) is 3.99. The fourth-order valence-electron chi connectivity index (χ4n) is 2.37. The molecule has 0 aliphatic carbocycles. The van der Waals surface area contributed by atoms with Crippen molar-refractivity contribution in [2.45, 2.75) is 0 Å². The van der Waals surface area contributed by atoms with Crippen molar-refractivity contribution in [2.24, 2.45) is 0 Å². The molecule has 6 nitrogen and oxygen atoms in total. The normalized spacial score (nSPS) is 10.2. The number of amides is 2. The number of rotatable bonds is 4. The Morgan fingerprint density at radius 2 is 0.923 bits per heavy atom. The van der Waals surface area contributed by atoms with Crippen LogP contribution in [0, 0.1) is 0 Å². The molecule has 0 bridgehead atoms. The number of phenolic OH excluding ortho intramolecular Hbond substituents is 2. The van der Waals surface area contributed by atoms with Crippen LogP contribution in [0.15, 0.2) is 72.8 Å². The first-order chi connectivity index (χ1) is 12.5. The predicted octanol–water partition coefficient (Wildman–Crippen LogP) is 3.60. The number of anilines is 2. The Bertz CT molecular complexity index is 856. The van der Waals surface area contributed by atoms with Crippen LogP contribution in [0.5, 0.6) is 11.5 Å². The number of hydrogen-bond donors (Lipinski definition) is 4. The maximum Gasteiger partial charge on any atom is 0.256 e. The molecule has 2 amide bonds. The van der Waals surface area contributed by atoms with Crippen molar-refractivity contribution in [3.63, 3.8) is 0 Å². The smallest absolute Gasteiger partial charge is 0.256 e. The maximum absolute atomic E-state index is 12.5. The topological polar surface area (TPSA) is 98.7 Å². The maximum atomic E-state index is 12.5. The first-order valence-electron chi connectivity index (χ1n) is 7.83. The Labute approximate surface area is 149 Å². The van der Waals surface area contributed by atoms with Crippen LogP contribution in [-0.2, 0) is 0 Å². The SMILES string of the molecule is O=C(Nc1ccc(O)cc1)c1ccccc1C(=O)Nc1ccc(O)cc1. The van der Waals surface area contributed by atoms with E-state index in [1.807, 2.05) is 0 Å². The summed E-state index contributed by atoms with van der Waals surface area (Å²) in [6, 6.07) is 18.5. The number of nitrogens with one attached hydrogen (secondary N) is 2. The Hall–Kier alpha value is -3.80. The summed E-state index contributed by atoms with van der Waals surface area (Å²) in [6.45, 7) is 0. The van der Waals surface area contributed by atoms with E-state index >= 15 is 0 Å². The van der Waals surface area contributed by atoms with Crippen LogP contribution in [0.3, 0.4) is 0 Å². The zero-order valence-electron chi connectivity index (χ0n) is 13.6. The van der Waals surface area contributed by atoms with E-state index < -0.39 is 11.8 Å².